The molecule has 2 aromatic carbocycles. The third-order valence-corrected chi connectivity index (χ3v) is 8.29. The van der Waals surface area contributed by atoms with Gasteiger partial charge in [-0.2, -0.15) is 10.2 Å². The fourth-order valence-electron chi connectivity index (χ4n) is 4.54. The summed E-state index contributed by atoms with van der Waals surface area (Å²) in [5.41, 5.74) is 0.820. The van der Waals surface area contributed by atoms with Gasteiger partial charge in [0.1, 0.15) is 11.6 Å². The predicted octanol–water partition coefficient (Wildman–Crippen LogP) is 5.20. The Labute approximate surface area is 226 Å². The molecule has 0 amide bonds. The molecule has 1 atom stereocenters. The van der Waals surface area contributed by atoms with E-state index in [0.29, 0.717) is 36.0 Å². The number of benzene rings is 2. The Kier molecular flexibility index (Phi) is 8.21. The van der Waals surface area contributed by atoms with Crippen molar-refractivity contribution in [1.29, 1.82) is 5.26 Å². The summed E-state index contributed by atoms with van der Waals surface area (Å²) in [5.74, 6) is -1.17. The van der Waals surface area contributed by atoms with Crippen molar-refractivity contribution in [2.75, 3.05) is 0 Å². The molecule has 2 heterocycles. The number of nitriles is 1. The largest absolute Gasteiger partial charge is 0.492 e. The van der Waals surface area contributed by atoms with Crippen LogP contribution < -0.4 is 5.56 Å². The van der Waals surface area contributed by atoms with Crippen LogP contribution in [-0.4, -0.2) is 28.1 Å². The molecule has 0 saturated heterocycles. The van der Waals surface area contributed by atoms with E-state index >= 15 is 0 Å². The molecule has 0 fully saturated rings. The fourth-order valence-corrected chi connectivity index (χ4v) is 5.88. The first kappa shape index (κ1) is 27.7. The van der Waals surface area contributed by atoms with Gasteiger partial charge in [-0.1, -0.05) is 44.5 Å². The lowest BCUT2D eigenvalue weighted by Gasteiger charge is -2.23. The molecule has 0 aliphatic heterocycles. The number of nitrogens with zero attached hydrogens (tertiary/aromatic N) is 4. The number of halogens is 1. The van der Waals surface area contributed by atoms with Crippen LogP contribution in [0.25, 0.3) is 11.1 Å². The van der Waals surface area contributed by atoms with E-state index in [4.69, 9.17) is 0 Å². The molecular weight excluding hydrogens is 519 g/mol. The van der Waals surface area contributed by atoms with Crippen LogP contribution in [0.4, 0.5) is 4.39 Å². The van der Waals surface area contributed by atoms with E-state index in [1.807, 2.05) is 13.8 Å². The number of hydrogen-bond acceptors (Lipinski definition) is 7. The number of unbranched alkanes of at least 4 members (excludes halogenated alkanes) is 1. The number of hydrogen-bond donors (Lipinski definition) is 1. The van der Waals surface area contributed by atoms with E-state index < -0.39 is 38.0 Å². The zero-order valence-corrected chi connectivity index (χ0v) is 22.3. The number of aryl methyl sites for hydroxylation is 1. The van der Waals surface area contributed by atoms with Crippen LogP contribution in [0.15, 0.2) is 81.6 Å². The van der Waals surface area contributed by atoms with Crippen LogP contribution in [0.5, 0.6) is 5.88 Å². The minimum Gasteiger partial charge on any atom is -0.492 e. The number of pyridine rings is 1. The van der Waals surface area contributed by atoms with E-state index in [2.05, 4.69) is 16.0 Å². The summed E-state index contributed by atoms with van der Waals surface area (Å²) in [4.78, 5) is 20.7. The quantitative estimate of drug-likeness (QED) is 0.306. The number of sulfone groups is 1. The van der Waals surface area contributed by atoms with E-state index in [0.717, 1.165) is 12.6 Å². The van der Waals surface area contributed by atoms with Crippen molar-refractivity contribution >= 4 is 9.84 Å². The highest BCUT2D eigenvalue weighted by atomic mass is 32.2. The van der Waals surface area contributed by atoms with Gasteiger partial charge in [0, 0.05) is 18.2 Å². The first-order valence-electron chi connectivity index (χ1n) is 12.5. The maximum atomic E-state index is 14.2. The molecule has 0 bridgehead atoms. The van der Waals surface area contributed by atoms with Crippen molar-refractivity contribution in [2.45, 2.75) is 55.4 Å². The standard InChI is InChI=1S/C29H27FN4O4S/c1-3-5-9-26-33-28(35)27(29(36)34(26)25(4-2)21-8-6-7-19(16-21)17-31)39(37,38)22-12-10-20(11-13-22)23-14-15-32-18-24(23)30/h6-8,10-16,18,25,35H,3-5,9H2,1-2H3/t25-/m0/s1. The molecule has 0 radical (unpaired) electrons. The van der Waals surface area contributed by atoms with Gasteiger partial charge in [0.25, 0.3) is 5.56 Å². The smallest absolute Gasteiger partial charge is 0.277 e. The summed E-state index contributed by atoms with van der Waals surface area (Å²) >= 11 is 0. The SMILES string of the molecule is CCCCc1nc(O)c(S(=O)(=O)c2ccc(-c3ccncc3F)cc2)c(=O)n1[C@@H](CC)c1cccc(C#N)c1. The third-order valence-electron chi connectivity index (χ3n) is 6.50. The highest BCUT2D eigenvalue weighted by Gasteiger charge is 2.31. The van der Waals surface area contributed by atoms with Crippen molar-refractivity contribution in [1.82, 2.24) is 14.5 Å². The lowest BCUT2D eigenvalue weighted by Crippen LogP contribution is -2.33. The Morgan fingerprint density at radius 1 is 1.13 bits per heavy atom. The van der Waals surface area contributed by atoms with Gasteiger partial charge in [0.15, 0.2) is 4.90 Å². The van der Waals surface area contributed by atoms with Gasteiger partial charge in [-0.3, -0.25) is 14.3 Å². The molecule has 0 saturated carbocycles. The number of aromatic nitrogens is 3. The highest BCUT2D eigenvalue weighted by molar-refractivity contribution is 7.91. The molecule has 2 aromatic heterocycles. The van der Waals surface area contributed by atoms with Crippen molar-refractivity contribution in [3.8, 4) is 23.1 Å². The molecule has 10 heteroatoms. The molecule has 8 nitrogen and oxygen atoms in total. The van der Waals surface area contributed by atoms with E-state index in [1.165, 1.54) is 41.1 Å². The molecule has 39 heavy (non-hydrogen) atoms. The molecule has 0 spiro atoms. The Balaban J connectivity index is 1.88. The van der Waals surface area contributed by atoms with Crippen LogP contribution in [0.1, 0.15) is 56.1 Å². The summed E-state index contributed by atoms with van der Waals surface area (Å²) in [7, 11) is -4.51. The van der Waals surface area contributed by atoms with Crippen molar-refractivity contribution in [2.24, 2.45) is 0 Å². The van der Waals surface area contributed by atoms with E-state index in [-0.39, 0.29) is 16.3 Å². The number of rotatable bonds is 9. The lowest BCUT2D eigenvalue weighted by atomic mass is 10.0. The molecule has 0 unspecified atom stereocenters. The molecule has 4 rings (SSSR count). The van der Waals surface area contributed by atoms with Crippen molar-refractivity contribution in [3.05, 3.63) is 100 Å². The van der Waals surface area contributed by atoms with E-state index in [1.54, 1.807) is 24.3 Å². The van der Waals surface area contributed by atoms with Gasteiger partial charge < -0.3 is 5.11 Å². The van der Waals surface area contributed by atoms with Gasteiger partial charge in [-0.05, 0) is 54.3 Å². The average Bonchev–Trinajstić information content (AvgIpc) is 2.94. The van der Waals surface area contributed by atoms with Crippen LogP contribution in [0.3, 0.4) is 0 Å². The zero-order chi connectivity index (χ0) is 28.2. The topological polar surface area (TPSA) is 126 Å². The third kappa shape index (κ3) is 5.45. The Hall–Kier alpha value is -4.36. The molecule has 1 N–H and O–H groups in total. The second-order valence-corrected chi connectivity index (χ2v) is 10.9. The summed E-state index contributed by atoms with van der Waals surface area (Å²) in [6, 6.07) is 15.1. The number of aromatic hydroxyl groups is 1. The van der Waals surface area contributed by atoms with Crippen molar-refractivity contribution in [3.63, 3.8) is 0 Å². The lowest BCUT2D eigenvalue weighted by molar-refractivity contribution is 0.406. The normalized spacial score (nSPS) is 12.2. The first-order chi connectivity index (χ1) is 18.7. The summed E-state index contributed by atoms with van der Waals surface area (Å²) in [6.45, 7) is 3.81. The second kappa shape index (κ2) is 11.6. The predicted molar refractivity (Wildman–Crippen MR) is 143 cm³/mol. The minimum absolute atomic E-state index is 0.242. The Morgan fingerprint density at radius 3 is 2.51 bits per heavy atom. The average molecular weight is 547 g/mol. The van der Waals surface area contributed by atoms with Crippen LogP contribution in [-0.2, 0) is 16.3 Å². The first-order valence-corrected chi connectivity index (χ1v) is 14.0. The fraction of sp³-hybridized carbons (Fsp3) is 0.241. The minimum atomic E-state index is -4.51. The van der Waals surface area contributed by atoms with Gasteiger partial charge in [0.2, 0.25) is 15.7 Å². The van der Waals surface area contributed by atoms with Crippen molar-refractivity contribution < 1.29 is 17.9 Å². The van der Waals surface area contributed by atoms with Crippen LogP contribution in [0, 0.1) is 17.1 Å². The zero-order valence-electron chi connectivity index (χ0n) is 21.5. The van der Waals surface area contributed by atoms with Gasteiger partial charge >= 0.3 is 0 Å². The summed E-state index contributed by atoms with van der Waals surface area (Å²) in [6.07, 6.45) is 4.70. The second-order valence-electron chi connectivity index (χ2n) is 9.00. The summed E-state index contributed by atoms with van der Waals surface area (Å²) in [5, 5.41) is 20.1. The van der Waals surface area contributed by atoms with Gasteiger partial charge in [0.05, 0.1) is 28.8 Å². The molecule has 0 aliphatic rings. The van der Waals surface area contributed by atoms with Gasteiger partial charge in [-0.25, -0.2) is 12.8 Å². The molecule has 0 aliphatic carbocycles. The van der Waals surface area contributed by atoms with Crippen LogP contribution >= 0.6 is 0 Å². The maximum absolute atomic E-state index is 14.2. The Morgan fingerprint density at radius 2 is 1.87 bits per heavy atom. The van der Waals surface area contributed by atoms with Crippen LogP contribution in [0.2, 0.25) is 0 Å². The molecule has 200 valence electrons. The van der Waals surface area contributed by atoms with Gasteiger partial charge in [-0.15, -0.1) is 0 Å². The van der Waals surface area contributed by atoms with E-state index in [9.17, 15) is 28.0 Å². The monoisotopic (exact) mass is 546 g/mol. The maximum Gasteiger partial charge on any atom is 0.277 e. The highest BCUT2D eigenvalue weighted by Crippen LogP contribution is 2.30. The Bertz CT molecular complexity index is 1710. The molecular formula is C29H27FN4O4S. The molecule has 4 aromatic rings. The summed E-state index contributed by atoms with van der Waals surface area (Å²) < 4.78 is 42.8.